The molecule has 114 valence electrons. The first-order valence-electron chi connectivity index (χ1n) is 6.68. The number of rotatable bonds is 6. The van der Waals surface area contributed by atoms with Crippen molar-refractivity contribution in [2.75, 3.05) is 7.11 Å². The Morgan fingerprint density at radius 1 is 1.33 bits per heavy atom. The first-order chi connectivity index (χ1) is 9.97. The van der Waals surface area contributed by atoms with E-state index in [2.05, 4.69) is 4.72 Å². The molecule has 0 aliphatic carbocycles. The van der Waals surface area contributed by atoms with Gasteiger partial charge in [0.25, 0.3) is 10.0 Å². The van der Waals surface area contributed by atoms with E-state index in [0.717, 1.165) is 16.9 Å². The van der Waals surface area contributed by atoms with Crippen LogP contribution in [0.4, 0.5) is 0 Å². The highest BCUT2D eigenvalue weighted by atomic mass is 32.2. The van der Waals surface area contributed by atoms with Crippen LogP contribution in [0, 0.1) is 6.92 Å². The predicted molar refractivity (Wildman–Crippen MR) is 85.4 cm³/mol. The molecule has 0 saturated carbocycles. The maximum absolute atomic E-state index is 12.3. The van der Waals surface area contributed by atoms with E-state index in [1.165, 1.54) is 11.3 Å². The third kappa shape index (κ3) is 3.64. The number of ether oxygens (including phenoxy) is 1. The van der Waals surface area contributed by atoms with E-state index >= 15 is 0 Å². The summed E-state index contributed by atoms with van der Waals surface area (Å²) in [6, 6.07) is 8.83. The summed E-state index contributed by atoms with van der Waals surface area (Å²) in [5.41, 5.74) is 1.93. The average Bonchev–Trinajstić information content (AvgIpc) is 2.99. The van der Waals surface area contributed by atoms with Crippen molar-refractivity contribution in [3.8, 4) is 5.75 Å². The van der Waals surface area contributed by atoms with E-state index in [-0.39, 0.29) is 6.04 Å². The van der Waals surface area contributed by atoms with Gasteiger partial charge >= 0.3 is 0 Å². The highest BCUT2D eigenvalue weighted by Crippen LogP contribution is 2.26. The molecule has 21 heavy (non-hydrogen) atoms. The molecule has 0 spiro atoms. The van der Waals surface area contributed by atoms with Crippen LogP contribution in [0.3, 0.4) is 0 Å². The number of aryl methyl sites for hydroxylation is 1. The molecule has 1 atom stereocenters. The monoisotopic (exact) mass is 325 g/mol. The van der Waals surface area contributed by atoms with Crippen molar-refractivity contribution in [1.29, 1.82) is 0 Å². The van der Waals surface area contributed by atoms with Crippen molar-refractivity contribution in [2.24, 2.45) is 0 Å². The summed E-state index contributed by atoms with van der Waals surface area (Å²) < 4.78 is 33.0. The van der Waals surface area contributed by atoms with E-state index < -0.39 is 10.0 Å². The van der Waals surface area contributed by atoms with Crippen molar-refractivity contribution in [1.82, 2.24) is 4.72 Å². The summed E-state index contributed by atoms with van der Waals surface area (Å²) in [4.78, 5) is 0. The molecule has 0 radical (unpaired) electrons. The first-order valence-corrected chi connectivity index (χ1v) is 9.04. The molecule has 0 bridgehead atoms. The zero-order valence-electron chi connectivity index (χ0n) is 12.3. The van der Waals surface area contributed by atoms with Crippen LogP contribution in [0.25, 0.3) is 0 Å². The predicted octanol–water partition coefficient (Wildman–Crippen LogP) is 3.49. The van der Waals surface area contributed by atoms with Gasteiger partial charge < -0.3 is 4.74 Å². The molecule has 1 N–H and O–H groups in total. The van der Waals surface area contributed by atoms with Crippen LogP contribution in [-0.2, 0) is 10.0 Å². The van der Waals surface area contributed by atoms with Gasteiger partial charge in [-0.3, -0.25) is 0 Å². The molecule has 1 heterocycles. The molecular formula is C15H19NO3S2. The van der Waals surface area contributed by atoms with Gasteiger partial charge in [-0.25, -0.2) is 13.1 Å². The highest BCUT2D eigenvalue weighted by molar-refractivity contribution is 7.91. The number of sulfonamides is 1. The lowest BCUT2D eigenvalue weighted by molar-refractivity contribution is 0.411. The Hall–Kier alpha value is -1.37. The number of thiophene rings is 1. The third-order valence-electron chi connectivity index (χ3n) is 3.29. The minimum Gasteiger partial charge on any atom is -0.496 e. The Kier molecular flexibility index (Phi) is 5.03. The van der Waals surface area contributed by atoms with Gasteiger partial charge in [-0.1, -0.05) is 25.1 Å². The normalized spacial score (nSPS) is 13.1. The largest absolute Gasteiger partial charge is 0.496 e. The molecule has 2 aromatic rings. The van der Waals surface area contributed by atoms with Crippen molar-refractivity contribution >= 4 is 21.4 Å². The average molecular weight is 325 g/mol. The van der Waals surface area contributed by atoms with Gasteiger partial charge in [0.15, 0.2) is 0 Å². The lowest BCUT2D eigenvalue weighted by Gasteiger charge is -2.18. The highest BCUT2D eigenvalue weighted by Gasteiger charge is 2.21. The smallest absolute Gasteiger partial charge is 0.250 e. The van der Waals surface area contributed by atoms with Crippen molar-refractivity contribution in [3.05, 3.63) is 46.8 Å². The van der Waals surface area contributed by atoms with Crippen molar-refractivity contribution < 1.29 is 13.2 Å². The SMILES string of the molecule is CCC(NS(=O)(=O)c1cccs1)c1ccc(OC)c(C)c1. The maximum Gasteiger partial charge on any atom is 0.250 e. The van der Waals surface area contributed by atoms with Gasteiger partial charge in [0.05, 0.1) is 7.11 Å². The van der Waals surface area contributed by atoms with Crippen LogP contribution in [0.1, 0.15) is 30.5 Å². The van der Waals surface area contributed by atoms with E-state index in [1.54, 1.807) is 24.6 Å². The minimum absolute atomic E-state index is 0.248. The van der Waals surface area contributed by atoms with Crippen LogP contribution in [-0.4, -0.2) is 15.5 Å². The Morgan fingerprint density at radius 2 is 2.10 bits per heavy atom. The topological polar surface area (TPSA) is 55.4 Å². The van der Waals surface area contributed by atoms with Crippen molar-refractivity contribution in [2.45, 2.75) is 30.5 Å². The molecule has 0 aliphatic heterocycles. The fourth-order valence-corrected chi connectivity index (χ4v) is 4.48. The summed E-state index contributed by atoms with van der Waals surface area (Å²) in [7, 11) is -1.84. The van der Waals surface area contributed by atoms with Gasteiger partial charge in [0.2, 0.25) is 0 Å². The molecular weight excluding hydrogens is 306 g/mol. The van der Waals surface area contributed by atoms with Gasteiger partial charge in [-0.2, -0.15) is 0 Å². The standard InChI is InChI=1S/C15H19NO3S2/c1-4-13(12-7-8-14(19-3)11(2)10-12)16-21(17,18)15-6-5-9-20-15/h5-10,13,16H,4H2,1-3H3. The lowest BCUT2D eigenvalue weighted by atomic mass is 10.0. The summed E-state index contributed by atoms with van der Waals surface area (Å²) in [5, 5.41) is 1.76. The van der Waals surface area contributed by atoms with Crippen molar-refractivity contribution in [3.63, 3.8) is 0 Å². The Morgan fingerprint density at radius 3 is 2.62 bits per heavy atom. The number of benzene rings is 1. The first kappa shape index (κ1) is 16.0. The Balaban J connectivity index is 2.26. The summed E-state index contributed by atoms with van der Waals surface area (Å²) in [6.07, 6.45) is 0.677. The van der Waals surface area contributed by atoms with Crippen LogP contribution in [0.2, 0.25) is 0 Å². The van der Waals surface area contributed by atoms with Crippen LogP contribution >= 0.6 is 11.3 Å². The molecule has 6 heteroatoms. The summed E-state index contributed by atoms with van der Waals surface area (Å²) >= 11 is 1.22. The van der Waals surface area contributed by atoms with Gasteiger partial charge in [0, 0.05) is 6.04 Å². The van der Waals surface area contributed by atoms with Crippen LogP contribution < -0.4 is 9.46 Å². The minimum atomic E-state index is -3.47. The van der Waals surface area contributed by atoms with Gasteiger partial charge in [-0.15, -0.1) is 11.3 Å². The molecule has 1 aromatic heterocycles. The third-order valence-corrected chi connectivity index (χ3v) is 6.16. The number of methoxy groups -OCH3 is 1. The quantitative estimate of drug-likeness (QED) is 0.884. The second-order valence-corrected chi connectivity index (χ2v) is 7.63. The molecule has 1 unspecified atom stereocenters. The van der Waals surface area contributed by atoms with E-state index in [4.69, 9.17) is 4.74 Å². The summed E-state index contributed by atoms with van der Waals surface area (Å²) in [6.45, 7) is 3.91. The number of hydrogen-bond acceptors (Lipinski definition) is 4. The zero-order chi connectivity index (χ0) is 15.5. The molecule has 0 amide bonds. The lowest BCUT2D eigenvalue weighted by Crippen LogP contribution is -2.27. The second kappa shape index (κ2) is 6.60. The Labute approximate surface area is 129 Å². The number of nitrogens with one attached hydrogen (secondary N) is 1. The van der Waals surface area contributed by atoms with Crippen LogP contribution in [0.5, 0.6) is 5.75 Å². The van der Waals surface area contributed by atoms with Crippen LogP contribution in [0.15, 0.2) is 39.9 Å². The molecule has 1 aromatic carbocycles. The molecule has 0 aliphatic rings. The second-order valence-electron chi connectivity index (χ2n) is 4.74. The Bertz CT molecular complexity index is 694. The number of hydrogen-bond donors (Lipinski definition) is 1. The molecule has 4 nitrogen and oxygen atoms in total. The fourth-order valence-electron chi connectivity index (χ4n) is 2.17. The van der Waals surface area contributed by atoms with E-state index in [0.29, 0.717) is 10.6 Å². The van der Waals surface area contributed by atoms with E-state index in [1.807, 2.05) is 32.0 Å². The molecule has 0 fully saturated rings. The summed E-state index contributed by atoms with van der Waals surface area (Å²) in [5.74, 6) is 0.801. The van der Waals surface area contributed by atoms with Gasteiger partial charge in [0.1, 0.15) is 9.96 Å². The fraction of sp³-hybridized carbons (Fsp3) is 0.333. The molecule has 0 saturated heterocycles. The van der Waals surface area contributed by atoms with Gasteiger partial charge in [-0.05, 0) is 42.0 Å². The zero-order valence-corrected chi connectivity index (χ0v) is 13.9. The maximum atomic E-state index is 12.3. The molecule has 2 rings (SSSR count). The van der Waals surface area contributed by atoms with E-state index in [9.17, 15) is 8.42 Å².